The zero-order valence-electron chi connectivity index (χ0n) is 11.9. The van der Waals surface area contributed by atoms with Gasteiger partial charge in [0.2, 0.25) is 5.82 Å². The number of hydrogen-bond donors (Lipinski definition) is 2. The van der Waals surface area contributed by atoms with Gasteiger partial charge in [0.25, 0.3) is 5.91 Å². The number of halogens is 3. The quantitative estimate of drug-likeness (QED) is 0.633. The van der Waals surface area contributed by atoms with E-state index in [-0.39, 0.29) is 11.6 Å². The maximum Gasteiger partial charge on any atom is 0.340 e. The lowest BCUT2D eigenvalue weighted by atomic mass is 10.2. The van der Waals surface area contributed by atoms with Gasteiger partial charge in [-0.15, -0.1) is 0 Å². The van der Waals surface area contributed by atoms with E-state index in [0.717, 1.165) is 0 Å². The van der Waals surface area contributed by atoms with Crippen LogP contribution in [0, 0.1) is 5.82 Å². The molecule has 0 atom stereocenters. The van der Waals surface area contributed by atoms with Crippen LogP contribution in [0.5, 0.6) is 0 Å². The molecule has 0 spiro atoms. The first-order valence-electron chi connectivity index (χ1n) is 6.64. The highest BCUT2D eigenvalue weighted by molar-refractivity contribution is 9.10. The summed E-state index contributed by atoms with van der Waals surface area (Å²) in [5, 5.41) is 4.36. The summed E-state index contributed by atoms with van der Waals surface area (Å²) >= 11 is 8.99. The average molecular weight is 412 g/mol. The number of aromatic nitrogens is 2. The number of benzene rings is 2. The topological polar surface area (TPSA) is 80.0 Å². The summed E-state index contributed by atoms with van der Waals surface area (Å²) in [7, 11) is 0. The van der Waals surface area contributed by atoms with Crippen LogP contribution in [0.4, 0.5) is 10.4 Å². The molecule has 1 heterocycles. The fourth-order valence-electron chi connectivity index (χ4n) is 1.84. The van der Waals surface area contributed by atoms with Crippen molar-refractivity contribution in [2.45, 2.75) is 0 Å². The second kappa shape index (κ2) is 6.98. The molecular weight excluding hydrogens is 403 g/mol. The van der Waals surface area contributed by atoms with Gasteiger partial charge in [0.15, 0.2) is 0 Å². The number of hydrogen-bond acceptors (Lipinski definition) is 5. The molecule has 6 nitrogen and oxygen atoms in total. The van der Waals surface area contributed by atoms with Gasteiger partial charge in [-0.05, 0) is 42.5 Å². The number of nitrogens with one attached hydrogen (secondary N) is 2. The number of nitrogens with zero attached hydrogens (tertiary/aromatic N) is 2. The Bertz CT molecular complexity index is 885. The molecule has 24 heavy (non-hydrogen) atoms. The van der Waals surface area contributed by atoms with Crippen molar-refractivity contribution in [3.05, 3.63) is 63.3 Å². The maximum absolute atomic E-state index is 13.6. The van der Waals surface area contributed by atoms with Crippen molar-refractivity contribution in [2.24, 2.45) is 0 Å². The lowest BCUT2D eigenvalue weighted by molar-refractivity contribution is 0.0957. The van der Waals surface area contributed by atoms with Gasteiger partial charge < -0.3 is 4.52 Å². The second-order valence-corrected chi connectivity index (χ2v) is 5.99. The molecule has 9 heteroatoms. The molecule has 1 aromatic heterocycles. The highest BCUT2D eigenvalue weighted by Crippen LogP contribution is 2.20. The molecule has 0 fully saturated rings. The van der Waals surface area contributed by atoms with Crippen LogP contribution in [-0.4, -0.2) is 16.0 Å². The van der Waals surface area contributed by atoms with Crippen LogP contribution < -0.4 is 10.9 Å². The highest BCUT2D eigenvalue weighted by atomic mass is 79.9. The third-order valence-corrected chi connectivity index (χ3v) is 3.73. The minimum atomic E-state index is -0.681. The number of rotatable bonds is 4. The summed E-state index contributed by atoms with van der Waals surface area (Å²) in [4.78, 5) is 16.0. The number of anilines is 1. The van der Waals surface area contributed by atoms with Crippen molar-refractivity contribution < 1.29 is 13.7 Å². The largest absolute Gasteiger partial charge is 0.340 e. The van der Waals surface area contributed by atoms with E-state index >= 15 is 0 Å². The SMILES string of the molecule is O=C(NNc1nc(-c2ccc(Cl)cc2)no1)c1cc(Br)ccc1F. The number of carbonyl (C=O) groups excluding carboxylic acids is 1. The maximum atomic E-state index is 13.6. The number of amides is 1. The third-order valence-electron chi connectivity index (χ3n) is 2.98. The van der Waals surface area contributed by atoms with Gasteiger partial charge in [-0.25, -0.2) is 9.82 Å². The Morgan fingerprint density at radius 1 is 1.21 bits per heavy atom. The fourth-order valence-corrected chi connectivity index (χ4v) is 2.33. The first-order chi connectivity index (χ1) is 11.5. The van der Waals surface area contributed by atoms with Crippen molar-refractivity contribution in [1.82, 2.24) is 15.6 Å². The molecule has 122 valence electrons. The third kappa shape index (κ3) is 3.72. The van der Waals surface area contributed by atoms with E-state index in [2.05, 4.69) is 36.9 Å². The van der Waals surface area contributed by atoms with Gasteiger partial charge in [-0.1, -0.05) is 32.7 Å². The van der Waals surface area contributed by atoms with Gasteiger partial charge >= 0.3 is 6.01 Å². The van der Waals surface area contributed by atoms with Gasteiger partial charge in [-0.3, -0.25) is 10.2 Å². The Hall–Kier alpha value is -2.45. The van der Waals surface area contributed by atoms with Gasteiger partial charge in [0.1, 0.15) is 5.82 Å². The van der Waals surface area contributed by atoms with E-state index in [0.29, 0.717) is 20.9 Å². The molecule has 1 amide bonds. The van der Waals surface area contributed by atoms with Crippen molar-refractivity contribution in [3.63, 3.8) is 0 Å². The van der Waals surface area contributed by atoms with E-state index in [1.54, 1.807) is 24.3 Å². The van der Waals surface area contributed by atoms with Gasteiger partial charge in [-0.2, -0.15) is 4.98 Å². The Morgan fingerprint density at radius 3 is 2.71 bits per heavy atom. The fraction of sp³-hybridized carbons (Fsp3) is 0. The normalized spacial score (nSPS) is 10.5. The molecule has 0 radical (unpaired) electrons. The monoisotopic (exact) mass is 410 g/mol. The molecule has 0 aliphatic carbocycles. The van der Waals surface area contributed by atoms with Crippen LogP contribution in [0.2, 0.25) is 5.02 Å². The smallest absolute Gasteiger partial charge is 0.313 e. The first-order valence-corrected chi connectivity index (χ1v) is 7.81. The van der Waals surface area contributed by atoms with Gasteiger partial charge in [0.05, 0.1) is 5.56 Å². The number of carbonyl (C=O) groups is 1. The van der Waals surface area contributed by atoms with Crippen molar-refractivity contribution in [3.8, 4) is 11.4 Å². The summed E-state index contributed by atoms with van der Waals surface area (Å²) in [5.41, 5.74) is 5.30. The molecule has 0 saturated carbocycles. The van der Waals surface area contributed by atoms with Crippen LogP contribution in [0.15, 0.2) is 51.5 Å². The second-order valence-electron chi connectivity index (χ2n) is 4.63. The number of hydrazine groups is 1. The van der Waals surface area contributed by atoms with E-state index in [1.165, 1.54) is 18.2 Å². The molecule has 3 aromatic rings. The lowest BCUT2D eigenvalue weighted by Crippen LogP contribution is -2.30. The molecule has 0 aliphatic heterocycles. The standard InChI is InChI=1S/C15H9BrClFN4O2/c16-9-3-6-12(18)11(7-9)14(23)20-21-15-19-13(22-24-15)8-1-4-10(17)5-2-8/h1-7H,(H,20,23)(H,19,21,22). The lowest BCUT2D eigenvalue weighted by Gasteiger charge is -2.05. The molecule has 0 aliphatic rings. The minimum absolute atomic E-state index is 0.0382. The van der Waals surface area contributed by atoms with Crippen LogP contribution in [0.25, 0.3) is 11.4 Å². The summed E-state index contributed by atoms with van der Waals surface area (Å²) in [6, 6.07) is 10.8. The zero-order chi connectivity index (χ0) is 17.1. The first kappa shape index (κ1) is 16.4. The predicted molar refractivity (Wildman–Crippen MR) is 89.9 cm³/mol. The zero-order valence-corrected chi connectivity index (χ0v) is 14.2. The predicted octanol–water partition coefficient (Wildman–Crippen LogP) is 4.05. The average Bonchev–Trinajstić information content (AvgIpc) is 3.04. The van der Waals surface area contributed by atoms with E-state index < -0.39 is 11.7 Å². The molecule has 0 saturated heterocycles. The van der Waals surface area contributed by atoms with Crippen LogP contribution in [-0.2, 0) is 0 Å². The molecule has 0 bridgehead atoms. The highest BCUT2D eigenvalue weighted by Gasteiger charge is 2.14. The summed E-state index contributed by atoms with van der Waals surface area (Å²) < 4.78 is 19.2. The molecular formula is C15H9BrClFN4O2. The Balaban J connectivity index is 1.68. The summed E-state index contributed by atoms with van der Waals surface area (Å²) in [5.74, 6) is -1.01. The van der Waals surface area contributed by atoms with Crippen LogP contribution in [0.1, 0.15) is 10.4 Å². The van der Waals surface area contributed by atoms with Crippen LogP contribution >= 0.6 is 27.5 Å². The van der Waals surface area contributed by atoms with Gasteiger partial charge in [0, 0.05) is 15.1 Å². The van der Waals surface area contributed by atoms with Crippen molar-refractivity contribution in [1.29, 1.82) is 0 Å². The van der Waals surface area contributed by atoms with Crippen molar-refractivity contribution >= 4 is 39.5 Å². The summed E-state index contributed by atoms with van der Waals surface area (Å²) in [6.45, 7) is 0. The summed E-state index contributed by atoms with van der Waals surface area (Å²) in [6.07, 6.45) is 0. The van der Waals surface area contributed by atoms with E-state index in [4.69, 9.17) is 16.1 Å². The van der Waals surface area contributed by atoms with Crippen molar-refractivity contribution in [2.75, 3.05) is 5.43 Å². The van der Waals surface area contributed by atoms with Crippen LogP contribution in [0.3, 0.4) is 0 Å². The Morgan fingerprint density at radius 2 is 1.96 bits per heavy atom. The minimum Gasteiger partial charge on any atom is -0.313 e. The molecule has 2 N–H and O–H groups in total. The molecule has 2 aromatic carbocycles. The van der Waals surface area contributed by atoms with E-state index in [9.17, 15) is 9.18 Å². The molecule has 3 rings (SSSR count). The Kier molecular flexibility index (Phi) is 4.77. The Labute approximate surface area is 149 Å². The molecule has 0 unspecified atom stereocenters. The van der Waals surface area contributed by atoms with E-state index in [1.807, 2.05) is 0 Å².